The molecule has 2 atom stereocenters. The highest BCUT2D eigenvalue weighted by molar-refractivity contribution is 6.06. The van der Waals surface area contributed by atoms with Crippen molar-refractivity contribution in [2.75, 3.05) is 38.9 Å². The molecule has 34 heavy (non-hydrogen) atoms. The Morgan fingerprint density at radius 2 is 2.00 bits per heavy atom. The average molecular weight is 477 g/mol. The van der Waals surface area contributed by atoms with E-state index in [1.807, 2.05) is 0 Å². The zero-order valence-corrected chi connectivity index (χ0v) is 19.7. The van der Waals surface area contributed by atoms with Gasteiger partial charge in [-0.3, -0.25) is 9.59 Å². The number of esters is 1. The Morgan fingerprint density at radius 1 is 1.21 bits per heavy atom. The Morgan fingerprint density at radius 3 is 2.71 bits per heavy atom. The van der Waals surface area contributed by atoms with Gasteiger partial charge in [0, 0.05) is 19.0 Å². The van der Waals surface area contributed by atoms with E-state index in [2.05, 4.69) is 11.3 Å². The lowest BCUT2D eigenvalue weighted by Crippen LogP contribution is -2.50. The molecule has 2 aliphatic heterocycles. The van der Waals surface area contributed by atoms with Crippen molar-refractivity contribution in [1.29, 1.82) is 0 Å². The van der Waals surface area contributed by atoms with Crippen molar-refractivity contribution in [3.63, 3.8) is 0 Å². The fraction of sp³-hybridized carbons (Fsp3) is 0.542. The molecule has 1 unspecified atom stereocenters. The summed E-state index contributed by atoms with van der Waals surface area (Å²) in [6.07, 6.45) is 3.13. The van der Waals surface area contributed by atoms with Crippen LogP contribution in [-0.2, 0) is 14.3 Å². The van der Waals surface area contributed by atoms with Crippen LogP contribution in [0, 0.1) is 0 Å². The zero-order valence-electron chi connectivity index (χ0n) is 19.7. The van der Waals surface area contributed by atoms with Crippen LogP contribution in [0.15, 0.2) is 24.8 Å². The minimum atomic E-state index is -1.27. The number of aliphatic hydroxyl groups excluding tert-OH is 1. The first-order valence-electron chi connectivity index (χ1n) is 11.4. The maximum Gasteiger partial charge on any atom is 0.416 e. The van der Waals surface area contributed by atoms with Gasteiger partial charge in [-0.15, -0.1) is 0 Å². The maximum absolute atomic E-state index is 13.3. The molecule has 3 rings (SSSR count). The molecule has 2 aliphatic rings. The van der Waals surface area contributed by atoms with Crippen LogP contribution < -0.4 is 14.4 Å². The summed E-state index contributed by atoms with van der Waals surface area (Å²) in [4.78, 5) is 40.2. The van der Waals surface area contributed by atoms with E-state index in [1.165, 1.54) is 32.4 Å². The van der Waals surface area contributed by atoms with Crippen LogP contribution in [0.5, 0.6) is 11.5 Å². The first-order valence-corrected chi connectivity index (χ1v) is 11.4. The quantitative estimate of drug-likeness (QED) is 0.311. The molecule has 0 aliphatic carbocycles. The minimum absolute atomic E-state index is 0.0369. The van der Waals surface area contributed by atoms with Gasteiger partial charge in [0.1, 0.15) is 6.61 Å². The molecule has 1 saturated heterocycles. The number of amides is 2. The van der Waals surface area contributed by atoms with E-state index in [9.17, 15) is 19.5 Å². The number of aliphatic hydroxyl groups is 1. The number of carbonyl (C=O) groups is 3. The van der Waals surface area contributed by atoms with Gasteiger partial charge in [-0.05, 0) is 38.2 Å². The third-order valence-electron chi connectivity index (χ3n) is 5.97. The van der Waals surface area contributed by atoms with Gasteiger partial charge in [-0.25, -0.2) is 9.69 Å². The number of rotatable bonds is 10. The number of hydrogen-bond donors (Lipinski definition) is 1. The Bertz CT molecular complexity index is 918. The van der Waals surface area contributed by atoms with E-state index < -0.39 is 18.4 Å². The van der Waals surface area contributed by atoms with E-state index in [-0.39, 0.29) is 29.7 Å². The number of carbonyl (C=O) groups excluding carboxylic acids is 3. The highest BCUT2D eigenvalue weighted by Gasteiger charge is 2.45. The molecule has 0 aromatic heterocycles. The van der Waals surface area contributed by atoms with E-state index in [0.717, 1.165) is 17.7 Å². The lowest BCUT2D eigenvalue weighted by atomic mass is 10.1. The van der Waals surface area contributed by atoms with Gasteiger partial charge in [-0.1, -0.05) is 12.7 Å². The lowest BCUT2D eigenvalue weighted by molar-refractivity contribution is -0.140. The molecule has 1 aromatic carbocycles. The van der Waals surface area contributed by atoms with Crippen LogP contribution in [0.2, 0.25) is 0 Å². The van der Waals surface area contributed by atoms with Crippen molar-refractivity contribution in [3.05, 3.63) is 30.4 Å². The summed E-state index contributed by atoms with van der Waals surface area (Å²) < 4.78 is 21.2. The standard InChI is InChI=1S/C24H32N2O8/c1-4-12-34-24(30)26-18-15-20(33-13-7-5-6-10-21(27)32-3)19(31-2)14-16(18)22(28)25-11-8-9-17(25)23(26)29/h4,14-15,17,23,29H,1,5-13H2,2-3H3/t17-,23?/m0/s1. The fourth-order valence-corrected chi connectivity index (χ4v) is 4.25. The van der Waals surface area contributed by atoms with E-state index >= 15 is 0 Å². The number of unbranched alkanes of at least 4 members (excludes halogenated alkanes) is 2. The molecule has 0 radical (unpaired) electrons. The van der Waals surface area contributed by atoms with E-state index in [0.29, 0.717) is 50.3 Å². The number of methoxy groups -OCH3 is 2. The third kappa shape index (κ3) is 5.44. The topological polar surface area (TPSA) is 115 Å². The van der Waals surface area contributed by atoms with Crippen molar-refractivity contribution < 1.29 is 38.4 Å². The summed E-state index contributed by atoms with van der Waals surface area (Å²) in [5.41, 5.74) is 0.420. The highest BCUT2D eigenvalue weighted by atomic mass is 16.6. The smallest absolute Gasteiger partial charge is 0.416 e. The summed E-state index contributed by atoms with van der Waals surface area (Å²) in [6, 6.07) is 2.52. The molecule has 0 saturated carbocycles. The van der Waals surface area contributed by atoms with Crippen molar-refractivity contribution >= 4 is 23.7 Å². The van der Waals surface area contributed by atoms with E-state index in [1.54, 1.807) is 4.90 Å². The van der Waals surface area contributed by atoms with Crippen LogP contribution in [0.3, 0.4) is 0 Å². The van der Waals surface area contributed by atoms with E-state index in [4.69, 9.17) is 14.2 Å². The molecule has 1 aromatic rings. The molecule has 0 bridgehead atoms. The number of benzene rings is 1. The molecule has 2 heterocycles. The second kappa shape index (κ2) is 11.7. The minimum Gasteiger partial charge on any atom is -0.493 e. The SMILES string of the molecule is C=CCOC(=O)N1c2cc(OCCCCCC(=O)OC)c(OC)cc2C(=O)N2CCC[C@H]2C1O. The van der Waals surface area contributed by atoms with Gasteiger partial charge in [-0.2, -0.15) is 0 Å². The molecule has 0 spiro atoms. The summed E-state index contributed by atoms with van der Waals surface area (Å²) in [5.74, 6) is 0.134. The number of nitrogens with zero attached hydrogens (tertiary/aromatic N) is 2. The number of anilines is 1. The van der Waals surface area contributed by atoms with Crippen LogP contribution in [0.25, 0.3) is 0 Å². The first kappa shape index (κ1) is 25.4. The second-order valence-electron chi connectivity index (χ2n) is 8.11. The number of hydrogen-bond acceptors (Lipinski definition) is 8. The average Bonchev–Trinajstić information content (AvgIpc) is 3.31. The predicted molar refractivity (Wildman–Crippen MR) is 123 cm³/mol. The summed E-state index contributed by atoms with van der Waals surface area (Å²) in [5, 5.41) is 11.1. The van der Waals surface area contributed by atoms with Gasteiger partial charge in [0.2, 0.25) is 0 Å². The highest BCUT2D eigenvalue weighted by Crippen LogP contribution is 2.41. The molecule has 10 nitrogen and oxygen atoms in total. The molecular weight excluding hydrogens is 444 g/mol. The largest absolute Gasteiger partial charge is 0.493 e. The van der Waals surface area contributed by atoms with Crippen LogP contribution in [0.4, 0.5) is 10.5 Å². The van der Waals surface area contributed by atoms with Crippen molar-refractivity contribution in [2.24, 2.45) is 0 Å². The molecule has 186 valence electrons. The summed E-state index contributed by atoms with van der Waals surface area (Å²) >= 11 is 0. The summed E-state index contributed by atoms with van der Waals surface area (Å²) in [6.45, 7) is 4.33. The van der Waals surface area contributed by atoms with Crippen LogP contribution >= 0.6 is 0 Å². The number of ether oxygens (including phenoxy) is 4. The Balaban J connectivity index is 1.86. The second-order valence-corrected chi connectivity index (χ2v) is 8.11. The Kier molecular flexibility index (Phi) is 8.75. The van der Waals surface area contributed by atoms with Gasteiger partial charge >= 0.3 is 12.1 Å². The van der Waals surface area contributed by atoms with Crippen LogP contribution in [-0.4, -0.2) is 74.2 Å². The van der Waals surface area contributed by atoms with Gasteiger partial charge in [0.15, 0.2) is 17.7 Å². The van der Waals surface area contributed by atoms with Crippen LogP contribution in [0.1, 0.15) is 48.9 Å². The third-order valence-corrected chi connectivity index (χ3v) is 5.97. The fourth-order valence-electron chi connectivity index (χ4n) is 4.25. The van der Waals surface area contributed by atoms with Gasteiger partial charge in [0.05, 0.1) is 38.1 Å². The summed E-state index contributed by atoms with van der Waals surface area (Å²) in [7, 11) is 2.83. The van der Waals surface area contributed by atoms with Gasteiger partial charge in [0.25, 0.3) is 5.91 Å². The molecule has 2 amide bonds. The molecule has 10 heteroatoms. The first-order chi connectivity index (χ1) is 16.4. The molecule has 1 fully saturated rings. The normalized spacial score (nSPS) is 19.1. The zero-order chi connectivity index (χ0) is 24.7. The van der Waals surface area contributed by atoms with Crippen molar-refractivity contribution in [1.82, 2.24) is 4.90 Å². The van der Waals surface area contributed by atoms with Crippen molar-refractivity contribution in [2.45, 2.75) is 50.8 Å². The molecular formula is C24H32N2O8. The van der Waals surface area contributed by atoms with Gasteiger partial charge < -0.3 is 29.0 Å². The number of fused-ring (bicyclic) bond motifs is 2. The van der Waals surface area contributed by atoms with Crippen molar-refractivity contribution in [3.8, 4) is 11.5 Å². The Labute approximate surface area is 199 Å². The monoisotopic (exact) mass is 476 g/mol. The maximum atomic E-state index is 13.3. The lowest BCUT2D eigenvalue weighted by Gasteiger charge is -2.31. The predicted octanol–water partition coefficient (Wildman–Crippen LogP) is 2.87. The molecule has 1 N–H and O–H groups in total. The Hall–Kier alpha value is -3.27.